The number of hydrogen-bond donors (Lipinski definition) is 2. The Balaban J connectivity index is 0.00000192. The standard InChI is InChI=1S/C18H28N2OS.ClH/c1-12(14-6-5-9-19-11-14)10-17(21)20-18-13(2)15-7-3-4-8-16(15)22-18;/h12,14,19H,3-11H2,1-2H3,(H,20,21);1H. The molecule has 3 nitrogen and oxygen atoms in total. The van der Waals surface area contributed by atoms with Crippen LogP contribution in [0.4, 0.5) is 5.00 Å². The van der Waals surface area contributed by atoms with E-state index in [2.05, 4.69) is 24.5 Å². The van der Waals surface area contributed by atoms with Crippen molar-refractivity contribution in [2.24, 2.45) is 11.8 Å². The molecule has 2 aliphatic rings. The van der Waals surface area contributed by atoms with Crippen LogP contribution in [0, 0.1) is 18.8 Å². The summed E-state index contributed by atoms with van der Waals surface area (Å²) in [6, 6.07) is 0. The average Bonchev–Trinajstić information content (AvgIpc) is 2.84. The van der Waals surface area contributed by atoms with Crippen LogP contribution in [-0.4, -0.2) is 19.0 Å². The first kappa shape index (κ1) is 18.8. The molecule has 2 atom stereocenters. The van der Waals surface area contributed by atoms with Crippen molar-refractivity contribution in [1.82, 2.24) is 5.32 Å². The van der Waals surface area contributed by atoms with Crippen LogP contribution in [0.3, 0.4) is 0 Å². The largest absolute Gasteiger partial charge is 0.317 e. The van der Waals surface area contributed by atoms with Gasteiger partial charge in [0.2, 0.25) is 5.91 Å². The first-order chi connectivity index (χ1) is 10.6. The molecule has 1 saturated heterocycles. The van der Waals surface area contributed by atoms with Gasteiger partial charge in [-0.1, -0.05) is 6.92 Å². The van der Waals surface area contributed by atoms with E-state index in [0.717, 1.165) is 18.1 Å². The second-order valence-corrected chi connectivity index (χ2v) is 8.11. The van der Waals surface area contributed by atoms with E-state index in [4.69, 9.17) is 0 Å². The minimum atomic E-state index is 0. The van der Waals surface area contributed by atoms with Gasteiger partial charge in [-0.15, -0.1) is 23.7 Å². The maximum atomic E-state index is 12.4. The smallest absolute Gasteiger partial charge is 0.225 e. The fourth-order valence-corrected chi connectivity index (χ4v) is 5.16. The molecule has 2 unspecified atom stereocenters. The Kier molecular flexibility index (Phi) is 6.93. The Morgan fingerprint density at radius 1 is 1.35 bits per heavy atom. The number of carbonyl (C=O) groups excluding carboxylic acids is 1. The van der Waals surface area contributed by atoms with Crippen molar-refractivity contribution < 1.29 is 4.79 Å². The Morgan fingerprint density at radius 3 is 2.83 bits per heavy atom. The van der Waals surface area contributed by atoms with Gasteiger partial charge < -0.3 is 10.6 Å². The predicted molar refractivity (Wildman–Crippen MR) is 101 cm³/mol. The molecule has 0 bridgehead atoms. The van der Waals surface area contributed by atoms with Crippen molar-refractivity contribution >= 4 is 34.7 Å². The molecule has 1 amide bonds. The summed E-state index contributed by atoms with van der Waals surface area (Å²) in [5.41, 5.74) is 2.83. The number of carbonyl (C=O) groups is 1. The highest BCUT2D eigenvalue weighted by atomic mass is 35.5. The molecule has 1 fully saturated rings. The van der Waals surface area contributed by atoms with Crippen LogP contribution >= 0.6 is 23.7 Å². The Hall–Kier alpha value is -0.580. The highest BCUT2D eigenvalue weighted by Crippen LogP contribution is 2.37. The summed E-state index contributed by atoms with van der Waals surface area (Å²) >= 11 is 1.81. The Bertz CT molecular complexity index is 537. The van der Waals surface area contributed by atoms with Gasteiger partial charge >= 0.3 is 0 Å². The predicted octanol–water partition coefficient (Wildman–Crippen LogP) is 4.32. The van der Waals surface area contributed by atoms with Gasteiger partial charge in [0.15, 0.2) is 0 Å². The van der Waals surface area contributed by atoms with E-state index in [9.17, 15) is 4.79 Å². The van der Waals surface area contributed by atoms with Crippen LogP contribution in [0.5, 0.6) is 0 Å². The number of piperidine rings is 1. The maximum absolute atomic E-state index is 12.4. The Labute approximate surface area is 150 Å². The molecule has 130 valence electrons. The highest BCUT2D eigenvalue weighted by molar-refractivity contribution is 7.16. The third kappa shape index (κ3) is 4.49. The van der Waals surface area contributed by atoms with Crippen molar-refractivity contribution in [3.63, 3.8) is 0 Å². The van der Waals surface area contributed by atoms with Crippen LogP contribution in [0.25, 0.3) is 0 Å². The van der Waals surface area contributed by atoms with Crippen LogP contribution in [-0.2, 0) is 17.6 Å². The van der Waals surface area contributed by atoms with Gasteiger partial charge in [-0.05, 0) is 81.5 Å². The third-order valence-corrected chi connectivity index (χ3v) is 6.65. The lowest BCUT2D eigenvalue weighted by Gasteiger charge is -2.27. The van der Waals surface area contributed by atoms with Crippen LogP contribution in [0.15, 0.2) is 0 Å². The van der Waals surface area contributed by atoms with Crippen LogP contribution in [0.2, 0.25) is 0 Å². The minimum absolute atomic E-state index is 0. The molecule has 2 N–H and O–H groups in total. The second-order valence-electron chi connectivity index (χ2n) is 7.00. The number of thiophene rings is 1. The number of anilines is 1. The summed E-state index contributed by atoms with van der Waals surface area (Å²) in [6.45, 7) is 6.60. The van der Waals surface area contributed by atoms with Crippen molar-refractivity contribution in [2.75, 3.05) is 18.4 Å². The number of rotatable bonds is 4. The summed E-state index contributed by atoms with van der Waals surface area (Å²) < 4.78 is 0. The van der Waals surface area contributed by atoms with Gasteiger partial charge in [-0.25, -0.2) is 0 Å². The van der Waals surface area contributed by atoms with Gasteiger partial charge in [-0.2, -0.15) is 0 Å². The average molecular weight is 357 g/mol. The molecule has 0 radical (unpaired) electrons. The van der Waals surface area contributed by atoms with E-state index < -0.39 is 0 Å². The van der Waals surface area contributed by atoms with Gasteiger partial charge in [0.05, 0.1) is 5.00 Å². The van der Waals surface area contributed by atoms with E-state index in [-0.39, 0.29) is 18.3 Å². The first-order valence-corrected chi connectivity index (χ1v) is 9.58. The fourth-order valence-electron chi connectivity index (χ4n) is 3.84. The second kappa shape index (κ2) is 8.50. The van der Waals surface area contributed by atoms with E-state index in [1.165, 1.54) is 54.5 Å². The molecule has 0 saturated carbocycles. The SMILES string of the molecule is Cc1c(NC(=O)CC(C)C2CCCNC2)sc2c1CCCC2.Cl. The van der Waals surface area contributed by atoms with Gasteiger partial charge in [0.1, 0.15) is 0 Å². The van der Waals surface area contributed by atoms with Crippen LogP contribution in [0.1, 0.15) is 55.0 Å². The molecule has 0 spiro atoms. The lowest BCUT2D eigenvalue weighted by Crippen LogP contribution is -2.34. The summed E-state index contributed by atoms with van der Waals surface area (Å²) in [4.78, 5) is 13.9. The molecular formula is C18H29ClN2OS. The maximum Gasteiger partial charge on any atom is 0.225 e. The summed E-state index contributed by atoms with van der Waals surface area (Å²) in [7, 11) is 0. The number of amides is 1. The first-order valence-electron chi connectivity index (χ1n) is 8.77. The fraction of sp³-hybridized carbons (Fsp3) is 0.722. The molecule has 1 aromatic rings. The number of fused-ring (bicyclic) bond motifs is 1. The van der Waals surface area contributed by atoms with E-state index in [1.54, 1.807) is 0 Å². The van der Waals surface area contributed by atoms with Crippen molar-refractivity contribution in [2.45, 2.75) is 58.8 Å². The molecule has 3 rings (SSSR count). The number of nitrogens with one attached hydrogen (secondary N) is 2. The Morgan fingerprint density at radius 2 is 2.13 bits per heavy atom. The molecule has 1 aliphatic heterocycles. The summed E-state index contributed by atoms with van der Waals surface area (Å²) in [5.74, 6) is 1.31. The van der Waals surface area contributed by atoms with Gasteiger partial charge in [0.25, 0.3) is 0 Å². The molecule has 2 heterocycles. The van der Waals surface area contributed by atoms with Crippen molar-refractivity contribution in [1.29, 1.82) is 0 Å². The van der Waals surface area contributed by atoms with E-state index in [1.807, 2.05) is 11.3 Å². The lowest BCUT2D eigenvalue weighted by atomic mass is 9.85. The molecule has 5 heteroatoms. The number of hydrogen-bond acceptors (Lipinski definition) is 3. The topological polar surface area (TPSA) is 41.1 Å². The van der Waals surface area contributed by atoms with Crippen LogP contribution < -0.4 is 10.6 Å². The molecule has 23 heavy (non-hydrogen) atoms. The van der Waals surface area contributed by atoms with Gasteiger partial charge in [-0.3, -0.25) is 4.79 Å². The van der Waals surface area contributed by atoms with Crippen molar-refractivity contribution in [3.8, 4) is 0 Å². The van der Waals surface area contributed by atoms with Crippen molar-refractivity contribution in [3.05, 3.63) is 16.0 Å². The van der Waals surface area contributed by atoms with Gasteiger partial charge in [0, 0.05) is 11.3 Å². The van der Waals surface area contributed by atoms with E-state index >= 15 is 0 Å². The molecule has 1 aliphatic carbocycles. The minimum Gasteiger partial charge on any atom is -0.317 e. The number of aryl methyl sites for hydroxylation is 1. The molecular weight excluding hydrogens is 328 g/mol. The molecule has 0 aromatic carbocycles. The lowest BCUT2D eigenvalue weighted by molar-refractivity contribution is -0.117. The zero-order valence-corrected chi connectivity index (χ0v) is 15.9. The molecule has 1 aromatic heterocycles. The zero-order chi connectivity index (χ0) is 15.5. The van der Waals surface area contributed by atoms with E-state index in [0.29, 0.717) is 18.3 Å². The summed E-state index contributed by atoms with van der Waals surface area (Å²) in [6.07, 6.45) is 8.13. The quantitative estimate of drug-likeness (QED) is 0.843. The monoisotopic (exact) mass is 356 g/mol. The summed E-state index contributed by atoms with van der Waals surface area (Å²) in [5, 5.41) is 7.75. The normalized spacial score (nSPS) is 21.9. The third-order valence-electron chi connectivity index (χ3n) is 5.34. The highest BCUT2D eigenvalue weighted by Gasteiger charge is 2.23. The number of halogens is 1. The zero-order valence-electron chi connectivity index (χ0n) is 14.2.